The van der Waals surface area contributed by atoms with Crippen molar-refractivity contribution >= 4 is 29.2 Å². The molecule has 2 heterocycles. The van der Waals surface area contributed by atoms with Gasteiger partial charge in [0.1, 0.15) is 11.6 Å². The third kappa shape index (κ3) is 5.89. The lowest BCUT2D eigenvalue weighted by Crippen LogP contribution is -2.55. The fourth-order valence-electron chi connectivity index (χ4n) is 17.8. The second kappa shape index (κ2) is 13.0. The van der Waals surface area contributed by atoms with Crippen LogP contribution in [0.2, 0.25) is 0 Å². The lowest BCUT2D eigenvalue weighted by Gasteiger charge is -2.57. The topological polar surface area (TPSA) is 90.5 Å². The predicted molar refractivity (Wildman–Crippen MR) is 229 cm³/mol. The van der Waals surface area contributed by atoms with E-state index >= 15 is 0 Å². The summed E-state index contributed by atoms with van der Waals surface area (Å²) in [6.45, 7) is 11.2. The Morgan fingerprint density at radius 3 is 2.03 bits per heavy atom. The number of hydrogen-bond donors (Lipinski definition) is 2. The van der Waals surface area contributed by atoms with Gasteiger partial charge in [-0.3, -0.25) is 14.5 Å². The van der Waals surface area contributed by atoms with Crippen molar-refractivity contribution < 1.29 is 9.59 Å². The summed E-state index contributed by atoms with van der Waals surface area (Å²) >= 11 is 0. The van der Waals surface area contributed by atoms with Crippen LogP contribution >= 0.6 is 0 Å². The molecule has 14 rings (SSSR count). The van der Waals surface area contributed by atoms with E-state index in [1.165, 1.54) is 88.2 Å². The smallest absolute Gasteiger partial charge is 0.227 e. The van der Waals surface area contributed by atoms with Crippen molar-refractivity contribution in [1.29, 1.82) is 0 Å². The molecule has 58 heavy (non-hydrogen) atoms. The molecule has 13 aliphatic rings. The maximum Gasteiger partial charge on any atom is 0.227 e. The maximum atomic E-state index is 14.5. The molecule has 6 atom stereocenters. The molecule has 1 aliphatic heterocycles. The Hall–Kier alpha value is -3.00. The third-order valence-electron chi connectivity index (χ3n) is 19.3. The fourth-order valence-corrected chi connectivity index (χ4v) is 17.8. The first-order valence-corrected chi connectivity index (χ1v) is 24.0. The number of rotatable bonds is 8. The lowest BCUT2D eigenvalue weighted by atomic mass is 9.52. The zero-order valence-electron chi connectivity index (χ0n) is 35.6. The minimum atomic E-state index is -0.135. The average Bonchev–Trinajstić information content (AvgIpc) is 3.43. The van der Waals surface area contributed by atoms with Gasteiger partial charge in [0.15, 0.2) is 11.6 Å². The Bertz CT molecular complexity index is 1860. The largest absolute Gasteiger partial charge is 0.364 e. The van der Waals surface area contributed by atoms with Crippen molar-refractivity contribution in [2.45, 2.75) is 135 Å². The molecule has 310 valence electrons. The van der Waals surface area contributed by atoms with Gasteiger partial charge in [0, 0.05) is 54.7 Å². The van der Waals surface area contributed by atoms with Gasteiger partial charge < -0.3 is 15.5 Å². The molecule has 2 N–H and O–H groups in total. The van der Waals surface area contributed by atoms with E-state index in [-0.39, 0.29) is 33.6 Å². The molecule has 1 unspecified atom stereocenters. The highest BCUT2D eigenvalue weighted by Crippen LogP contribution is 2.65. The van der Waals surface area contributed by atoms with Crippen LogP contribution in [0.25, 0.3) is 0 Å². The normalized spacial score (nSPS) is 47.0. The van der Waals surface area contributed by atoms with Crippen molar-refractivity contribution in [3.8, 4) is 0 Å². The molecule has 10 saturated carbocycles. The van der Waals surface area contributed by atoms with E-state index in [1.54, 1.807) is 6.08 Å². The Balaban J connectivity index is 0.754. The van der Waals surface area contributed by atoms with E-state index in [0.717, 1.165) is 105 Å². The number of hydrogen-bond acceptors (Lipinski definition) is 8. The summed E-state index contributed by atoms with van der Waals surface area (Å²) < 4.78 is 0. The first kappa shape index (κ1) is 36.8. The fraction of sp³-hybridized carbons (Fsp3) is 0.760. The number of aromatic nitrogens is 2. The number of carbonyl (C=O) groups is 2. The Labute approximate surface area is 346 Å². The number of nitrogens with zero attached hydrogens (tertiary/aromatic N) is 4. The number of anilines is 3. The monoisotopic (exact) mass is 785 g/mol. The zero-order valence-corrected chi connectivity index (χ0v) is 35.6. The van der Waals surface area contributed by atoms with Gasteiger partial charge in [-0.1, -0.05) is 37.1 Å². The summed E-state index contributed by atoms with van der Waals surface area (Å²) in [5.41, 5.74) is 3.03. The Morgan fingerprint density at radius 1 is 0.810 bits per heavy atom. The van der Waals surface area contributed by atoms with E-state index in [9.17, 15) is 9.59 Å². The molecule has 0 amide bonds. The molecule has 0 spiro atoms. The molecule has 8 bridgehead atoms. The molecule has 12 aliphatic carbocycles. The summed E-state index contributed by atoms with van der Waals surface area (Å²) in [5, 5.41) is 8.23. The highest BCUT2D eigenvalue weighted by Gasteiger charge is 2.59. The Kier molecular flexibility index (Phi) is 8.26. The SMILES string of the molecule is CC1C[C@H]2[C@@H]3CCC4=CC(=O)C=C[C@]4(C)C3=CC[C@]2(C)[C@H]1C(=O)CN1CCN(c2cc(NC34CC5CC(CC(C5)C3)C4)nc(NC34CC5CC(CC(C5)C3)C4)n2)CC1. The lowest BCUT2D eigenvalue weighted by molar-refractivity contribution is -0.129. The van der Waals surface area contributed by atoms with E-state index < -0.39 is 0 Å². The van der Waals surface area contributed by atoms with Crippen LogP contribution in [0.1, 0.15) is 124 Å². The van der Waals surface area contributed by atoms with Crippen LogP contribution in [0.4, 0.5) is 17.6 Å². The second-order valence-electron chi connectivity index (χ2n) is 23.2. The molecule has 8 nitrogen and oxygen atoms in total. The van der Waals surface area contributed by atoms with Gasteiger partial charge in [0.25, 0.3) is 0 Å². The van der Waals surface area contributed by atoms with Gasteiger partial charge in [-0.05, 0) is 180 Å². The number of Topliss-reactive ketones (excluding diaryl/α,β-unsaturated/α-hetero) is 1. The van der Waals surface area contributed by atoms with Crippen molar-refractivity contribution in [2.24, 2.45) is 70.0 Å². The molecule has 1 aromatic rings. The van der Waals surface area contributed by atoms with Crippen LogP contribution in [0.3, 0.4) is 0 Å². The minimum absolute atomic E-state index is 0.000577. The summed E-state index contributed by atoms with van der Waals surface area (Å²) in [7, 11) is 0. The van der Waals surface area contributed by atoms with Crippen molar-refractivity contribution in [2.75, 3.05) is 48.3 Å². The predicted octanol–water partition coefficient (Wildman–Crippen LogP) is 9.02. The summed E-state index contributed by atoms with van der Waals surface area (Å²) in [6.07, 6.45) is 29.0. The molecule has 1 saturated heterocycles. The first-order valence-electron chi connectivity index (χ1n) is 24.0. The molecule has 0 radical (unpaired) electrons. The van der Waals surface area contributed by atoms with Crippen LogP contribution in [0, 0.1) is 70.0 Å². The van der Waals surface area contributed by atoms with Gasteiger partial charge in [-0.25, -0.2) is 0 Å². The van der Waals surface area contributed by atoms with E-state index in [2.05, 4.69) is 59.4 Å². The Morgan fingerprint density at radius 2 is 1.41 bits per heavy atom. The zero-order chi connectivity index (χ0) is 39.2. The second-order valence-corrected chi connectivity index (χ2v) is 23.2. The van der Waals surface area contributed by atoms with Crippen molar-refractivity contribution in [3.63, 3.8) is 0 Å². The highest BCUT2D eigenvalue weighted by molar-refractivity contribution is 6.01. The van der Waals surface area contributed by atoms with Crippen molar-refractivity contribution in [3.05, 3.63) is 41.5 Å². The maximum absolute atomic E-state index is 14.5. The van der Waals surface area contributed by atoms with E-state index in [4.69, 9.17) is 9.97 Å². The minimum Gasteiger partial charge on any atom is -0.364 e. The van der Waals surface area contributed by atoms with Crippen LogP contribution < -0.4 is 15.5 Å². The van der Waals surface area contributed by atoms with Crippen LogP contribution in [0.5, 0.6) is 0 Å². The number of piperazine rings is 1. The summed E-state index contributed by atoms with van der Waals surface area (Å²) in [4.78, 5) is 42.4. The van der Waals surface area contributed by atoms with Gasteiger partial charge in [0.2, 0.25) is 5.95 Å². The summed E-state index contributed by atoms with van der Waals surface area (Å²) in [5.74, 6) is 10.3. The van der Waals surface area contributed by atoms with E-state index in [0.29, 0.717) is 30.1 Å². The van der Waals surface area contributed by atoms with E-state index in [1.807, 2.05) is 6.08 Å². The summed E-state index contributed by atoms with van der Waals surface area (Å²) in [6, 6.07) is 2.28. The quantitative estimate of drug-likeness (QED) is 0.253. The van der Waals surface area contributed by atoms with Gasteiger partial charge in [-0.15, -0.1) is 0 Å². The van der Waals surface area contributed by atoms with Gasteiger partial charge in [-0.2, -0.15) is 9.97 Å². The van der Waals surface area contributed by atoms with Crippen LogP contribution in [0.15, 0.2) is 41.5 Å². The number of allylic oxidation sites excluding steroid dienone is 6. The average molecular weight is 785 g/mol. The molecule has 11 fully saturated rings. The third-order valence-corrected chi connectivity index (χ3v) is 19.3. The van der Waals surface area contributed by atoms with Crippen LogP contribution in [-0.4, -0.2) is 70.2 Å². The van der Waals surface area contributed by atoms with Gasteiger partial charge >= 0.3 is 0 Å². The molecule has 1 aromatic heterocycles. The molecule has 0 aromatic carbocycles. The number of ketones is 2. The first-order chi connectivity index (χ1) is 27.9. The molecular formula is C50H68N6O2. The standard InChI is InChI=1S/C50H68N6O2/c1-30-14-41-39-5-4-37-21-38(57)6-8-47(37,2)40(39)7-9-48(41,3)45(30)42(58)29-55-10-12-56(13-11-55)44-22-43(53-49-23-31-15-32(24-49)17-33(16-31)25-49)51-46(52-44)54-50-26-34-18-35(27-50)20-36(19-34)28-50/h6-8,21-22,30-36,39,41,45H,4-5,9-20,23-29H2,1-3H3,(H2,51,52,53,54)/t30?,31?,32?,33?,34?,35?,36?,39-,41+,45-,47+,48+,49?,50?/m1/s1. The number of carbonyl (C=O) groups excluding carboxylic acids is 2. The number of fused-ring (bicyclic) bond motifs is 5. The number of nitrogens with one attached hydrogen (secondary N) is 2. The van der Waals surface area contributed by atoms with Crippen molar-refractivity contribution in [1.82, 2.24) is 14.9 Å². The van der Waals surface area contributed by atoms with Gasteiger partial charge in [0.05, 0.1) is 6.54 Å². The molecule has 8 heteroatoms. The highest BCUT2D eigenvalue weighted by atomic mass is 16.1. The molecular weight excluding hydrogens is 717 g/mol. The van der Waals surface area contributed by atoms with Crippen LogP contribution in [-0.2, 0) is 9.59 Å².